The van der Waals surface area contributed by atoms with Gasteiger partial charge in [0.05, 0.1) is 11.2 Å². The summed E-state index contributed by atoms with van der Waals surface area (Å²) in [7, 11) is 0. The number of aromatic nitrogens is 1. The van der Waals surface area contributed by atoms with Crippen LogP contribution >= 0.6 is 11.6 Å². The van der Waals surface area contributed by atoms with Crippen molar-refractivity contribution in [3.63, 3.8) is 0 Å². The molecule has 18 heavy (non-hydrogen) atoms. The second-order valence-electron chi connectivity index (χ2n) is 3.89. The van der Waals surface area contributed by atoms with Crippen molar-refractivity contribution in [1.29, 1.82) is 0 Å². The standard InChI is InChI=1S/C13H12ClFN2O/c1-8(16)11-3-2-4-12(15)13(11)18-10-5-9(14)6-17-7-10/h2-8H,16H2,1H3/t8-/m1/s1. The van der Waals surface area contributed by atoms with E-state index in [9.17, 15) is 4.39 Å². The molecule has 5 heteroatoms. The minimum Gasteiger partial charge on any atom is -0.452 e. The third kappa shape index (κ3) is 2.78. The third-order valence-corrected chi connectivity index (χ3v) is 2.59. The van der Waals surface area contributed by atoms with Crippen LogP contribution in [0.4, 0.5) is 4.39 Å². The number of pyridine rings is 1. The lowest BCUT2D eigenvalue weighted by atomic mass is 10.1. The van der Waals surface area contributed by atoms with Gasteiger partial charge in [-0.05, 0) is 13.0 Å². The van der Waals surface area contributed by atoms with Crippen LogP contribution in [0.1, 0.15) is 18.5 Å². The number of benzene rings is 1. The van der Waals surface area contributed by atoms with Crippen LogP contribution in [-0.4, -0.2) is 4.98 Å². The molecule has 0 radical (unpaired) electrons. The molecule has 2 aromatic rings. The van der Waals surface area contributed by atoms with Crippen molar-refractivity contribution in [2.24, 2.45) is 5.73 Å². The summed E-state index contributed by atoms with van der Waals surface area (Å²) in [6.45, 7) is 1.76. The van der Waals surface area contributed by atoms with E-state index in [0.29, 0.717) is 16.3 Å². The summed E-state index contributed by atoms with van der Waals surface area (Å²) in [5, 5.41) is 0.422. The number of halogens is 2. The van der Waals surface area contributed by atoms with Crippen LogP contribution in [0, 0.1) is 5.82 Å². The van der Waals surface area contributed by atoms with Gasteiger partial charge < -0.3 is 10.5 Å². The predicted octanol–water partition coefficient (Wildman–Crippen LogP) is 3.69. The second-order valence-corrected chi connectivity index (χ2v) is 4.32. The monoisotopic (exact) mass is 266 g/mol. The average molecular weight is 267 g/mol. The topological polar surface area (TPSA) is 48.1 Å². The van der Waals surface area contributed by atoms with Crippen molar-refractivity contribution in [2.45, 2.75) is 13.0 Å². The molecule has 1 aromatic carbocycles. The van der Waals surface area contributed by atoms with E-state index < -0.39 is 5.82 Å². The van der Waals surface area contributed by atoms with Gasteiger partial charge in [0.15, 0.2) is 11.6 Å². The van der Waals surface area contributed by atoms with E-state index in [1.807, 2.05) is 0 Å². The number of nitrogens with zero attached hydrogens (tertiary/aromatic N) is 1. The van der Waals surface area contributed by atoms with E-state index >= 15 is 0 Å². The molecule has 0 aliphatic rings. The first kappa shape index (κ1) is 12.8. The van der Waals surface area contributed by atoms with Crippen molar-refractivity contribution in [3.8, 4) is 11.5 Å². The largest absolute Gasteiger partial charge is 0.452 e. The SMILES string of the molecule is C[C@@H](N)c1cccc(F)c1Oc1cncc(Cl)c1. The van der Waals surface area contributed by atoms with Crippen LogP contribution in [0.3, 0.4) is 0 Å². The molecule has 0 spiro atoms. The molecular formula is C13H12ClFN2O. The zero-order valence-electron chi connectivity index (χ0n) is 9.73. The smallest absolute Gasteiger partial charge is 0.167 e. The number of ether oxygens (including phenoxy) is 1. The summed E-state index contributed by atoms with van der Waals surface area (Å²) >= 11 is 5.79. The normalized spacial score (nSPS) is 12.2. The molecule has 0 saturated heterocycles. The molecule has 1 heterocycles. The fourth-order valence-electron chi connectivity index (χ4n) is 1.56. The Bertz CT molecular complexity index is 560. The van der Waals surface area contributed by atoms with E-state index in [1.54, 1.807) is 25.1 Å². The summed E-state index contributed by atoms with van der Waals surface area (Å²) < 4.78 is 19.2. The van der Waals surface area contributed by atoms with Crippen LogP contribution in [0.25, 0.3) is 0 Å². The Hall–Kier alpha value is -1.65. The molecular weight excluding hydrogens is 255 g/mol. The van der Waals surface area contributed by atoms with Crippen LogP contribution in [0.15, 0.2) is 36.7 Å². The zero-order chi connectivity index (χ0) is 13.1. The van der Waals surface area contributed by atoms with Gasteiger partial charge in [-0.1, -0.05) is 23.7 Å². The maximum absolute atomic E-state index is 13.8. The number of nitrogens with two attached hydrogens (primary N) is 1. The van der Waals surface area contributed by atoms with E-state index in [-0.39, 0.29) is 11.8 Å². The van der Waals surface area contributed by atoms with E-state index in [0.717, 1.165) is 0 Å². The Morgan fingerprint density at radius 1 is 1.39 bits per heavy atom. The van der Waals surface area contributed by atoms with Crippen molar-refractivity contribution >= 4 is 11.6 Å². The molecule has 0 fully saturated rings. The van der Waals surface area contributed by atoms with Crippen molar-refractivity contribution in [1.82, 2.24) is 4.98 Å². The van der Waals surface area contributed by atoms with Gasteiger partial charge in [0.1, 0.15) is 5.75 Å². The number of para-hydroxylation sites is 1. The number of hydrogen-bond acceptors (Lipinski definition) is 3. The van der Waals surface area contributed by atoms with E-state index in [2.05, 4.69) is 4.98 Å². The lowest BCUT2D eigenvalue weighted by molar-refractivity contribution is 0.431. The summed E-state index contributed by atoms with van der Waals surface area (Å²) in [5.74, 6) is 0.0100. The predicted molar refractivity (Wildman–Crippen MR) is 68.3 cm³/mol. The Kier molecular flexibility index (Phi) is 3.79. The maximum atomic E-state index is 13.8. The van der Waals surface area contributed by atoms with Gasteiger partial charge in [-0.3, -0.25) is 4.98 Å². The van der Waals surface area contributed by atoms with Gasteiger partial charge in [0, 0.05) is 23.9 Å². The van der Waals surface area contributed by atoms with Gasteiger partial charge in [-0.25, -0.2) is 4.39 Å². The molecule has 0 bridgehead atoms. The van der Waals surface area contributed by atoms with Crippen molar-refractivity contribution in [3.05, 3.63) is 53.1 Å². The Labute approximate surface area is 109 Å². The molecule has 94 valence electrons. The molecule has 2 rings (SSSR count). The van der Waals surface area contributed by atoms with Crippen LogP contribution in [0.5, 0.6) is 11.5 Å². The minimum absolute atomic E-state index is 0.108. The summed E-state index contributed by atoms with van der Waals surface area (Å²) in [6, 6.07) is 5.87. The number of hydrogen-bond donors (Lipinski definition) is 1. The van der Waals surface area contributed by atoms with Crippen LogP contribution < -0.4 is 10.5 Å². The highest BCUT2D eigenvalue weighted by atomic mass is 35.5. The lowest BCUT2D eigenvalue weighted by Crippen LogP contribution is -2.07. The maximum Gasteiger partial charge on any atom is 0.167 e. The van der Waals surface area contributed by atoms with Crippen LogP contribution in [0.2, 0.25) is 5.02 Å². The third-order valence-electron chi connectivity index (χ3n) is 2.39. The Balaban J connectivity index is 2.39. The molecule has 3 nitrogen and oxygen atoms in total. The first-order valence-corrected chi connectivity index (χ1v) is 5.78. The van der Waals surface area contributed by atoms with E-state index in [1.165, 1.54) is 18.5 Å². The minimum atomic E-state index is -0.468. The first-order chi connectivity index (χ1) is 8.58. The zero-order valence-corrected chi connectivity index (χ0v) is 10.5. The second kappa shape index (κ2) is 5.33. The molecule has 2 N–H and O–H groups in total. The summed E-state index contributed by atoms with van der Waals surface area (Å²) in [6.07, 6.45) is 2.94. The molecule has 1 atom stereocenters. The molecule has 0 unspecified atom stereocenters. The summed E-state index contributed by atoms with van der Waals surface area (Å²) in [5.41, 5.74) is 6.37. The Morgan fingerprint density at radius 3 is 2.83 bits per heavy atom. The molecule has 0 saturated carbocycles. The van der Waals surface area contributed by atoms with Gasteiger partial charge in [-0.15, -0.1) is 0 Å². The lowest BCUT2D eigenvalue weighted by Gasteiger charge is -2.14. The van der Waals surface area contributed by atoms with Gasteiger partial charge in [0.25, 0.3) is 0 Å². The van der Waals surface area contributed by atoms with Crippen molar-refractivity contribution < 1.29 is 9.13 Å². The molecule has 1 aromatic heterocycles. The number of rotatable bonds is 3. The molecule has 0 aliphatic heterocycles. The summed E-state index contributed by atoms with van der Waals surface area (Å²) in [4.78, 5) is 3.87. The highest BCUT2D eigenvalue weighted by molar-refractivity contribution is 6.30. The average Bonchev–Trinajstić information content (AvgIpc) is 2.31. The molecule has 0 amide bonds. The first-order valence-electron chi connectivity index (χ1n) is 5.40. The fourth-order valence-corrected chi connectivity index (χ4v) is 1.72. The van der Waals surface area contributed by atoms with Gasteiger partial charge in [-0.2, -0.15) is 0 Å². The molecule has 0 aliphatic carbocycles. The Morgan fingerprint density at radius 2 is 2.17 bits per heavy atom. The van der Waals surface area contributed by atoms with Crippen molar-refractivity contribution in [2.75, 3.05) is 0 Å². The fraction of sp³-hybridized carbons (Fsp3) is 0.154. The van der Waals surface area contributed by atoms with E-state index in [4.69, 9.17) is 22.1 Å². The van der Waals surface area contributed by atoms with Gasteiger partial charge >= 0.3 is 0 Å². The van der Waals surface area contributed by atoms with Crippen LogP contribution in [-0.2, 0) is 0 Å². The van der Waals surface area contributed by atoms with Gasteiger partial charge in [0.2, 0.25) is 0 Å². The quantitative estimate of drug-likeness (QED) is 0.922. The highest BCUT2D eigenvalue weighted by Gasteiger charge is 2.14. The highest BCUT2D eigenvalue weighted by Crippen LogP contribution is 2.31.